The van der Waals surface area contributed by atoms with Crippen LogP contribution in [0.5, 0.6) is 0 Å². The van der Waals surface area contributed by atoms with Crippen molar-refractivity contribution in [2.24, 2.45) is 0 Å². The minimum absolute atomic E-state index is 0.213. The number of alkyl halides is 1. The zero-order valence-electron chi connectivity index (χ0n) is 12.8. The van der Waals surface area contributed by atoms with Crippen LogP contribution in [0.1, 0.15) is 11.6 Å². The number of halogens is 1. The Hall–Kier alpha value is -2.21. The van der Waals surface area contributed by atoms with Crippen LogP contribution in [0.3, 0.4) is 0 Å². The van der Waals surface area contributed by atoms with Gasteiger partial charge in [0.1, 0.15) is 0 Å². The predicted molar refractivity (Wildman–Crippen MR) is 82.3 cm³/mol. The molecular weight excluding hydrogens is 299 g/mol. The number of nitrogens with zero attached hydrogens (tertiary/aromatic N) is 2. The number of likely N-dealkylation sites (tertiary alicyclic amines) is 1. The Bertz CT molecular complexity index is 614. The van der Waals surface area contributed by atoms with Crippen molar-refractivity contribution in [2.75, 3.05) is 32.8 Å². The average molecular weight is 318 g/mol. The minimum atomic E-state index is -2.01. The molecule has 2 amide bonds. The fraction of sp³-hybridized carbons (Fsp3) is 0.412. The second-order valence-electron chi connectivity index (χ2n) is 5.86. The average Bonchev–Trinajstić information content (AvgIpc) is 2.58. The number of benzene rings is 1. The SMILES string of the molecule is C=CC(=O)N1CC(F)(C(=O)N2CCOC[C@@H]2c2ccccc2)C1. The molecule has 5 nitrogen and oxygen atoms in total. The lowest BCUT2D eigenvalue weighted by Gasteiger charge is -2.47. The Balaban J connectivity index is 1.75. The monoisotopic (exact) mass is 318 g/mol. The van der Waals surface area contributed by atoms with Crippen molar-refractivity contribution in [3.05, 3.63) is 48.6 Å². The number of rotatable bonds is 3. The van der Waals surface area contributed by atoms with E-state index in [-0.39, 0.29) is 25.0 Å². The molecule has 0 aromatic heterocycles. The van der Waals surface area contributed by atoms with E-state index in [1.54, 1.807) is 0 Å². The van der Waals surface area contributed by atoms with Crippen LogP contribution >= 0.6 is 0 Å². The standard InChI is InChI=1S/C17H19FN2O3/c1-2-15(21)19-11-17(18,12-19)16(22)20-8-9-23-10-14(20)13-6-4-3-5-7-13/h2-7,14H,1,8-12H2/t14-/m1/s1. The smallest absolute Gasteiger partial charge is 0.264 e. The summed E-state index contributed by atoms with van der Waals surface area (Å²) in [6.45, 7) is 4.03. The first-order valence-electron chi connectivity index (χ1n) is 7.59. The van der Waals surface area contributed by atoms with Gasteiger partial charge in [-0.2, -0.15) is 0 Å². The molecule has 0 radical (unpaired) electrons. The summed E-state index contributed by atoms with van der Waals surface area (Å²) in [6.07, 6.45) is 1.13. The summed E-state index contributed by atoms with van der Waals surface area (Å²) in [5, 5.41) is 0. The number of hydrogen-bond acceptors (Lipinski definition) is 3. The van der Waals surface area contributed by atoms with Crippen LogP contribution in [-0.4, -0.2) is 60.1 Å². The molecule has 2 heterocycles. The van der Waals surface area contributed by atoms with Crippen molar-refractivity contribution in [2.45, 2.75) is 11.7 Å². The van der Waals surface area contributed by atoms with E-state index in [9.17, 15) is 14.0 Å². The van der Waals surface area contributed by atoms with E-state index in [2.05, 4.69) is 6.58 Å². The Morgan fingerprint density at radius 3 is 2.65 bits per heavy atom. The third-order valence-electron chi connectivity index (χ3n) is 4.33. The van der Waals surface area contributed by atoms with E-state index in [0.29, 0.717) is 19.8 Å². The molecule has 2 saturated heterocycles. The van der Waals surface area contributed by atoms with E-state index >= 15 is 0 Å². The number of carbonyl (C=O) groups excluding carboxylic acids is 2. The molecule has 1 aromatic carbocycles. The topological polar surface area (TPSA) is 49.9 Å². The van der Waals surface area contributed by atoms with Gasteiger partial charge >= 0.3 is 0 Å². The maximum atomic E-state index is 14.9. The fourth-order valence-corrected chi connectivity index (χ4v) is 3.03. The molecule has 0 N–H and O–H groups in total. The summed E-state index contributed by atoms with van der Waals surface area (Å²) < 4.78 is 20.3. The second kappa shape index (κ2) is 6.12. The number of amides is 2. The molecule has 1 atom stereocenters. The fourth-order valence-electron chi connectivity index (χ4n) is 3.03. The normalized spacial score (nSPS) is 23.1. The molecular formula is C17H19FN2O3. The van der Waals surface area contributed by atoms with E-state index in [4.69, 9.17) is 4.74 Å². The Labute approximate surface area is 134 Å². The lowest BCUT2D eigenvalue weighted by atomic mass is 9.92. The summed E-state index contributed by atoms with van der Waals surface area (Å²) in [6, 6.07) is 9.16. The maximum absolute atomic E-state index is 14.9. The highest BCUT2D eigenvalue weighted by molar-refractivity contribution is 5.93. The van der Waals surface area contributed by atoms with Gasteiger partial charge in [0.15, 0.2) is 0 Å². The van der Waals surface area contributed by atoms with Gasteiger partial charge in [0.25, 0.3) is 5.91 Å². The van der Waals surface area contributed by atoms with Crippen LogP contribution in [0.15, 0.2) is 43.0 Å². The van der Waals surface area contributed by atoms with Gasteiger partial charge in [-0.25, -0.2) is 4.39 Å². The highest BCUT2D eigenvalue weighted by atomic mass is 19.1. The molecule has 2 fully saturated rings. The molecule has 0 aliphatic carbocycles. The summed E-state index contributed by atoms with van der Waals surface area (Å²) in [4.78, 5) is 27.0. The number of carbonyl (C=O) groups is 2. The quantitative estimate of drug-likeness (QED) is 0.790. The van der Waals surface area contributed by atoms with E-state index in [1.165, 1.54) is 9.80 Å². The first kappa shape index (κ1) is 15.7. The van der Waals surface area contributed by atoms with Gasteiger partial charge in [0.05, 0.1) is 32.3 Å². The second-order valence-corrected chi connectivity index (χ2v) is 5.86. The maximum Gasteiger partial charge on any atom is 0.264 e. The molecule has 0 spiro atoms. The number of ether oxygens (including phenoxy) is 1. The van der Waals surface area contributed by atoms with Gasteiger partial charge in [0.2, 0.25) is 11.6 Å². The van der Waals surface area contributed by atoms with Crippen LogP contribution in [0.4, 0.5) is 4.39 Å². The van der Waals surface area contributed by atoms with Gasteiger partial charge in [-0.05, 0) is 11.6 Å². The zero-order valence-corrected chi connectivity index (χ0v) is 12.8. The summed E-state index contributed by atoms with van der Waals surface area (Å²) >= 11 is 0. The van der Waals surface area contributed by atoms with Crippen molar-refractivity contribution < 1.29 is 18.7 Å². The minimum Gasteiger partial charge on any atom is -0.377 e. The number of morpholine rings is 1. The third-order valence-corrected chi connectivity index (χ3v) is 4.33. The lowest BCUT2D eigenvalue weighted by Crippen LogP contribution is -2.68. The van der Waals surface area contributed by atoms with Gasteiger partial charge < -0.3 is 14.5 Å². The first-order valence-corrected chi connectivity index (χ1v) is 7.59. The zero-order chi connectivity index (χ0) is 16.4. The summed E-state index contributed by atoms with van der Waals surface area (Å²) in [5.41, 5.74) is -1.09. The Morgan fingerprint density at radius 2 is 2.00 bits per heavy atom. The van der Waals surface area contributed by atoms with Crippen molar-refractivity contribution in [1.82, 2.24) is 9.80 Å². The molecule has 2 aliphatic heterocycles. The van der Waals surface area contributed by atoms with E-state index < -0.39 is 11.6 Å². The van der Waals surface area contributed by atoms with Gasteiger partial charge in [-0.3, -0.25) is 9.59 Å². The van der Waals surface area contributed by atoms with E-state index in [0.717, 1.165) is 11.6 Å². The van der Waals surface area contributed by atoms with Crippen LogP contribution < -0.4 is 0 Å². The molecule has 0 bridgehead atoms. The summed E-state index contributed by atoms with van der Waals surface area (Å²) in [5.74, 6) is -0.921. The molecule has 122 valence electrons. The van der Waals surface area contributed by atoms with Crippen molar-refractivity contribution in [3.8, 4) is 0 Å². The largest absolute Gasteiger partial charge is 0.377 e. The Kier molecular flexibility index (Phi) is 4.17. The lowest BCUT2D eigenvalue weighted by molar-refractivity contribution is -0.168. The summed E-state index contributed by atoms with van der Waals surface area (Å²) in [7, 11) is 0. The van der Waals surface area contributed by atoms with Crippen LogP contribution in [0, 0.1) is 0 Å². The highest BCUT2D eigenvalue weighted by Crippen LogP contribution is 2.33. The molecule has 0 saturated carbocycles. The van der Waals surface area contributed by atoms with E-state index in [1.807, 2.05) is 30.3 Å². The first-order chi connectivity index (χ1) is 11.0. The molecule has 0 unspecified atom stereocenters. The van der Waals surface area contributed by atoms with Crippen LogP contribution in [-0.2, 0) is 14.3 Å². The van der Waals surface area contributed by atoms with Crippen LogP contribution in [0.2, 0.25) is 0 Å². The molecule has 2 aliphatic rings. The van der Waals surface area contributed by atoms with Crippen molar-refractivity contribution in [3.63, 3.8) is 0 Å². The molecule has 1 aromatic rings. The van der Waals surface area contributed by atoms with Gasteiger partial charge in [0, 0.05) is 6.54 Å². The van der Waals surface area contributed by atoms with Crippen molar-refractivity contribution in [1.29, 1.82) is 0 Å². The molecule has 6 heteroatoms. The van der Waals surface area contributed by atoms with Gasteiger partial charge in [-0.15, -0.1) is 0 Å². The van der Waals surface area contributed by atoms with Crippen molar-refractivity contribution >= 4 is 11.8 Å². The Morgan fingerprint density at radius 1 is 1.30 bits per heavy atom. The van der Waals surface area contributed by atoms with Crippen LogP contribution in [0.25, 0.3) is 0 Å². The van der Waals surface area contributed by atoms with Gasteiger partial charge in [-0.1, -0.05) is 36.9 Å². The molecule has 23 heavy (non-hydrogen) atoms. The number of hydrogen-bond donors (Lipinski definition) is 0. The third kappa shape index (κ3) is 2.86. The highest BCUT2D eigenvalue weighted by Gasteiger charge is 2.54. The predicted octanol–water partition coefficient (Wildman–Crippen LogP) is 1.32. The molecule has 3 rings (SSSR count).